The fourth-order valence-corrected chi connectivity index (χ4v) is 3.08. The fourth-order valence-electron chi connectivity index (χ4n) is 2.24. The number of nitrogens with zero attached hydrogens (tertiary/aromatic N) is 1. The topological polar surface area (TPSA) is 83.9 Å². The largest absolute Gasteiger partial charge is 0.482 e. The van der Waals surface area contributed by atoms with E-state index in [-0.39, 0.29) is 4.91 Å². The van der Waals surface area contributed by atoms with Crippen LogP contribution in [0.25, 0.3) is 6.08 Å². The first-order valence-corrected chi connectivity index (χ1v) is 8.24. The molecule has 6 nitrogen and oxygen atoms in total. The Balaban J connectivity index is 1.77. The van der Waals surface area contributed by atoms with E-state index in [1.165, 1.54) is 24.3 Å². The molecule has 1 heterocycles. The van der Waals surface area contributed by atoms with E-state index >= 15 is 0 Å². The molecule has 1 fully saturated rings. The molecule has 1 saturated heterocycles. The van der Waals surface area contributed by atoms with E-state index in [9.17, 15) is 18.8 Å². The first-order chi connectivity index (χ1) is 12.4. The van der Waals surface area contributed by atoms with E-state index in [1.807, 2.05) is 0 Å². The first kappa shape index (κ1) is 17.7. The lowest BCUT2D eigenvalue weighted by Crippen LogP contribution is -2.27. The predicted octanol–water partition coefficient (Wildman–Crippen LogP) is 3.53. The Labute approximate surface area is 151 Å². The Kier molecular flexibility index (Phi) is 5.04. The maximum atomic E-state index is 13.0. The van der Waals surface area contributed by atoms with Crippen LogP contribution >= 0.6 is 11.8 Å². The summed E-state index contributed by atoms with van der Waals surface area (Å²) >= 11 is 0.790. The van der Waals surface area contributed by atoms with Gasteiger partial charge in [0.25, 0.3) is 11.1 Å². The zero-order valence-electron chi connectivity index (χ0n) is 13.2. The van der Waals surface area contributed by atoms with Crippen molar-refractivity contribution >= 4 is 40.6 Å². The summed E-state index contributed by atoms with van der Waals surface area (Å²) in [5.41, 5.74) is 0.951. The van der Waals surface area contributed by atoms with Gasteiger partial charge < -0.3 is 9.84 Å². The Morgan fingerprint density at radius 1 is 1.12 bits per heavy atom. The van der Waals surface area contributed by atoms with Gasteiger partial charge >= 0.3 is 5.97 Å². The molecule has 0 spiro atoms. The minimum atomic E-state index is -1.08. The Hall–Kier alpha value is -3.13. The molecule has 1 aliphatic rings. The van der Waals surface area contributed by atoms with E-state index in [2.05, 4.69) is 0 Å². The number of carbonyl (C=O) groups excluding carboxylic acids is 2. The van der Waals surface area contributed by atoms with Crippen LogP contribution in [0.15, 0.2) is 53.4 Å². The molecule has 2 aromatic carbocycles. The molecule has 1 aliphatic heterocycles. The predicted molar refractivity (Wildman–Crippen MR) is 94.4 cm³/mol. The van der Waals surface area contributed by atoms with Crippen LogP contribution in [0.3, 0.4) is 0 Å². The zero-order valence-corrected chi connectivity index (χ0v) is 14.0. The molecule has 0 aromatic heterocycles. The second-order valence-corrected chi connectivity index (χ2v) is 6.24. The third-order valence-electron chi connectivity index (χ3n) is 3.42. The number of carboxylic acid groups (broad SMARTS) is 1. The first-order valence-electron chi connectivity index (χ1n) is 7.42. The lowest BCUT2D eigenvalue weighted by molar-refractivity contribution is -0.139. The van der Waals surface area contributed by atoms with Gasteiger partial charge in [0.1, 0.15) is 11.6 Å². The molecular formula is C18H12FNO5S. The molecule has 3 rings (SSSR count). The number of anilines is 1. The third kappa shape index (κ3) is 3.92. The van der Waals surface area contributed by atoms with Crippen LogP contribution in [0.5, 0.6) is 5.75 Å². The average molecular weight is 373 g/mol. The Bertz CT molecular complexity index is 893. The lowest BCUT2D eigenvalue weighted by Gasteiger charge is -2.11. The number of hydrogen-bond acceptors (Lipinski definition) is 5. The summed E-state index contributed by atoms with van der Waals surface area (Å²) in [6.45, 7) is -0.449. The molecule has 0 aliphatic carbocycles. The number of aliphatic carboxylic acids is 1. The van der Waals surface area contributed by atoms with Crippen molar-refractivity contribution < 1.29 is 28.6 Å². The van der Waals surface area contributed by atoms with Gasteiger partial charge in [-0.3, -0.25) is 9.59 Å². The second-order valence-electron chi connectivity index (χ2n) is 5.24. The normalized spacial score (nSPS) is 15.6. The number of carbonyl (C=O) groups is 3. The van der Waals surface area contributed by atoms with Crippen LogP contribution in [0, 0.1) is 5.82 Å². The molecule has 2 aromatic rings. The lowest BCUT2D eigenvalue weighted by atomic mass is 10.2. The van der Waals surface area contributed by atoms with Crippen LogP contribution in [-0.4, -0.2) is 28.8 Å². The summed E-state index contributed by atoms with van der Waals surface area (Å²) in [4.78, 5) is 36.3. The smallest absolute Gasteiger partial charge is 0.341 e. The molecule has 0 radical (unpaired) electrons. The number of ether oxygens (including phenoxy) is 1. The van der Waals surface area contributed by atoms with Gasteiger partial charge in [-0.2, -0.15) is 0 Å². The van der Waals surface area contributed by atoms with E-state index in [0.29, 0.717) is 17.0 Å². The van der Waals surface area contributed by atoms with Gasteiger partial charge in [-0.15, -0.1) is 0 Å². The molecule has 132 valence electrons. The number of halogens is 1. The Morgan fingerprint density at radius 2 is 1.77 bits per heavy atom. The molecule has 0 unspecified atom stereocenters. The van der Waals surface area contributed by atoms with Crippen molar-refractivity contribution in [2.24, 2.45) is 0 Å². The second kappa shape index (κ2) is 7.40. The summed E-state index contributed by atoms with van der Waals surface area (Å²) in [7, 11) is 0. The standard InChI is InChI=1S/C18H12FNO5S/c19-12-3-5-13(6-4-12)20-17(23)15(26-18(20)24)9-11-1-7-14(8-2-11)25-10-16(21)22/h1-9H,10H2,(H,21,22). The van der Waals surface area contributed by atoms with E-state index < -0.39 is 29.5 Å². The monoisotopic (exact) mass is 373 g/mol. The van der Waals surface area contributed by atoms with Gasteiger partial charge in [0.2, 0.25) is 0 Å². The number of thioether (sulfide) groups is 1. The molecule has 8 heteroatoms. The number of imide groups is 1. The highest BCUT2D eigenvalue weighted by Crippen LogP contribution is 2.35. The summed E-state index contributed by atoms with van der Waals surface area (Å²) < 4.78 is 18.0. The third-order valence-corrected chi connectivity index (χ3v) is 4.29. The average Bonchev–Trinajstić information content (AvgIpc) is 2.89. The highest BCUT2D eigenvalue weighted by molar-refractivity contribution is 8.19. The SMILES string of the molecule is O=C(O)COc1ccc(C=C2SC(=O)N(c3ccc(F)cc3)C2=O)cc1. The maximum absolute atomic E-state index is 13.0. The summed E-state index contributed by atoms with van der Waals surface area (Å²) in [5, 5.41) is 8.11. The highest BCUT2D eigenvalue weighted by Gasteiger charge is 2.36. The number of amides is 2. The van der Waals surface area contributed by atoms with Gasteiger partial charge in [-0.1, -0.05) is 12.1 Å². The van der Waals surface area contributed by atoms with Crippen molar-refractivity contribution in [2.75, 3.05) is 11.5 Å². The van der Waals surface area contributed by atoms with Crippen molar-refractivity contribution in [3.05, 3.63) is 64.8 Å². The van der Waals surface area contributed by atoms with E-state index in [4.69, 9.17) is 9.84 Å². The van der Waals surface area contributed by atoms with E-state index in [0.717, 1.165) is 16.7 Å². The molecule has 1 N–H and O–H groups in total. The fraction of sp³-hybridized carbons (Fsp3) is 0.0556. The van der Waals surface area contributed by atoms with Crippen molar-refractivity contribution in [2.45, 2.75) is 0 Å². The van der Waals surface area contributed by atoms with Crippen LogP contribution in [-0.2, 0) is 9.59 Å². The van der Waals surface area contributed by atoms with Crippen LogP contribution in [0.2, 0.25) is 0 Å². The number of rotatable bonds is 5. The summed E-state index contributed by atoms with van der Waals surface area (Å²) in [6.07, 6.45) is 1.55. The van der Waals surface area contributed by atoms with Crippen LogP contribution < -0.4 is 9.64 Å². The number of carboxylic acids is 1. The van der Waals surface area contributed by atoms with Crippen LogP contribution in [0.4, 0.5) is 14.9 Å². The van der Waals surface area contributed by atoms with Gasteiger partial charge in [-0.05, 0) is 59.8 Å². The van der Waals surface area contributed by atoms with Gasteiger partial charge in [0.15, 0.2) is 6.61 Å². The molecule has 0 bridgehead atoms. The number of benzene rings is 2. The van der Waals surface area contributed by atoms with Gasteiger partial charge in [0.05, 0.1) is 10.6 Å². The molecule has 0 atom stereocenters. The summed E-state index contributed by atoms with van der Waals surface area (Å²) in [5.74, 6) is -1.65. The quantitative estimate of drug-likeness (QED) is 0.807. The molecule has 26 heavy (non-hydrogen) atoms. The maximum Gasteiger partial charge on any atom is 0.341 e. The van der Waals surface area contributed by atoms with Gasteiger partial charge in [0, 0.05) is 0 Å². The minimum Gasteiger partial charge on any atom is -0.482 e. The zero-order chi connectivity index (χ0) is 18.7. The molecule has 0 saturated carbocycles. The number of hydrogen-bond donors (Lipinski definition) is 1. The molecular weight excluding hydrogens is 361 g/mol. The van der Waals surface area contributed by atoms with Crippen molar-refractivity contribution in [3.8, 4) is 5.75 Å². The molecule has 2 amide bonds. The summed E-state index contributed by atoms with van der Waals surface area (Å²) in [6, 6.07) is 11.5. The van der Waals surface area contributed by atoms with Gasteiger partial charge in [-0.25, -0.2) is 14.1 Å². The van der Waals surface area contributed by atoms with E-state index in [1.54, 1.807) is 30.3 Å². The van der Waals surface area contributed by atoms with Crippen molar-refractivity contribution in [1.29, 1.82) is 0 Å². The van der Waals surface area contributed by atoms with Crippen molar-refractivity contribution in [1.82, 2.24) is 0 Å². The highest BCUT2D eigenvalue weighted by atomic mass is 32.2. The minimum absolute atomic E-state index is 0.235. The van der Waals surface area contributed by atoms with Crippen molar-refractivity contribution in [3.63, 3.8) is 0 Å². The van der Waals surface area contributed by atoms with Crippen LogP contribution in [0.1, 0.15) is 5.56 Å². The Morgan fingerprint density at radius 3 is 2.38 bits per heavy atom.